The molecule has 0 saturated heterocycles. The first-order chi connectivity index (χ1) is 12.3. The number of hydrogen-bond donors (Lipinski definition) is 1. The van der Waals surface area contributed by atoms with Gasteiger partial charge in [-0.2, -0.15) is 5.10 Å². The van der Waals surface area contributed by atoms with Crippen molar-refractivity contribution in [3.63, 3.8) is 0 Å². The summed E-state index contributed by atoms with van der Waals surface area (Å²) in [5.74, 6) is 1.12. The minimum atomic E-state index is -0.490. The van der Waals surface area contributed by atoms with Crippen molar-refractivity contribution in [1.29, 1.82) is 0 Å². The molecule has 1 N–H and O–H groups in total. The number of hydrogen-bond acceptors (Lipinski definition) is 6. The Bertz CT molecular complexity index is 802. The zero-order valence-corrected chi connectivity index (χ0v) is 15.2. The second-order valence-corrected chi connectivity index (χ2v) is 5.77. The van der Waals surface area contributed by atoms with Crippen LogP contribution in [0.5, 0.6) is 11.5 Å². The summed E-state index contributed by atoms with van der Waals surface area (Å²) in [6.07, 6.45) is 1.48. The molecule has 0 aliphatic rings. The molecule has 1 heterocycles. The van der Waals surface area contributed by atoms with Gasteiger partial charge in [0.25, 0.3) is 0 Å². The maximum atomic E-state index is 12.2. The number of carbonyl (C=O) groups excluding carboxylic acids is 1. The number of nitro groups is 1. The van der Waals surface area contributed by atoms with Crippen LogP contribution in [-0.4, -0.2) is 34.8 Å². The molecular formula is C17H22N4O5. The highest BCUT2D eigenvalue weighted by Gasteiger charge is 2.17. The van der Waals surface area contributed by atoms with Gasteiger partial charge < -0.3 is 14.8 Å². The number of methoxy groups -OCH3 is 2. The Morgan fingerprint density at radius 2 is 2.12 bits per heavy atom. The Morgan fingerprint density at radius 1 is 1.38 bits per heavy atom. The molecule has 0 saturated carbocycles. The molecule has 1 atom stereocenters. The van der Waals surface area contributed by atoms with Gasteiger partial charge in [0.1, 0.15) is 23.4 Å². The summed E-state index contributed by atoms with van der Waals surface area (Å²) in [6.45, 7) is 3.66. The van der Waals surface area contributed by atoms with Crippen molar-refractivity contribution in [2.45, 2.75) is 32.9 Å². The number of nitrogens with one attached hydrogen (secondary N) is 1. The predicted molar refractivity (Wildman–Crippen MR) is 94.3 cm³/mol. The number of aromatic nitrogens is 2. The molecule has 0 fully saturated rings. The van der Waals surface area contributed by atoms with E-state index in [1.165, 1.54) is 10.9 Å². The summed E-state index contributed by atoms with van der Waals surface area (Å²) in [5.41, 5.74) is 1.07. The molecule has 1 amide bonds. The van der Waals surface area contributed by atoms with Crippen molar-refractivity contribution in [3.05, 3.63) is 45.8 Å². The van der Waals surface area contributed by atoms with E-state index in [0.29, 0.717) is 17.2 Å². The Morgan fingerprint density at radius 3 is 2.69 bits per heavy atom. The molecule has 9 heteroatoms. The Balaban J connectivity index is 1.99. The number of carbonyl (C=O) groups is 1. The third-order valence-corrected chi connectivity index (χ3v) is 3.97. The molecular weight excluding hydrogens is 340 g/mol. The highest BCUT2D eigenvalue weighted by atomic mass is 16.6. The first-order valence-electron chi connectivity index (χ1n) is 8.05. The second-order valence-electron chi connectivity index (χ2n) is 5.77. The van der Waals surface area contributed by atoms with E-state index >= 15 is 0 Å². The number of aryl methyl sites for hydroxylation is 2. The fourth-order valence-electron chi connectivity index (χ4n) is 2.59. The topological polar surface area (TPSA) is 109 Å². The van der Waals surface area contributed by atoms with Crippen LogP contribution < -0.4 is 14.8 Å². The number of benzene rings is 1. The van der Waals surface area contributed by atoms with Crippen LogP contribution in [0.15, 0.2) is 24.4 Å². The molecule has 1 unspecified atom stereocenters. The van der Waals surface area contributed by atoms with Crippen LogP contribution >= 0.6 is 0 Å². The molecule has 26 heavy (non-hydrogen) atoms. The maximum absolute atomic E-state index is 12.2. The summed E-state index contributed by atoms with van der Waals surface area (Å²) < 4.78 is 11.9. The third kappa shape index (κ3) is 4.50. The highest BCUT2D eigenvalue weighted by molar-refractivity contribution is 5.76. The zero-order valence-electron chi connectivity index (χ0n) is 15.2. The SMILES string of the molecule is COc1ccc(OC)c(C(C)NC(=O)CCn2cc([N+](=O)[O-])c(C)n2)c1. The van der Waals surface area contributed by atoms with Gasteiger partial charge in [0.15, 0.2) is 0 Å². The van der Waals surface area contributed by atoms with Crippen LogP contribution in [0, 0.1) is 17.0 Å². The van der Waals surface area contributed by atoms with Crippen molar-refractivity contribution in [2.24, 2.45) is 0 Å². The van der Waals surface area contributed by atoms with Gasteiger partial charge >= 0.3 is 5.69 Å². The summed E-state index contributed by atoms with van der Waals surface area (Å²) in [5, 5.41) is 17.8. The fourth-order valence-corrected chi connectivity index (χ4v) is 2.59. The van der Waals surface area contributed by atoms with Crippen LogP contribution in [0.4, 0.5) is 5.69 Å². The van der Waals surface area contributed by atoms with E-state index < -0.39 is 4.92 Å². The second kappa shape index (κ2) is 8.32. The van der Waals surface area contributed by atoms with Gasteiger partial charge in [-0.1, -0.05) is 0 Å². The number of amides is 1. The molecule has 0 aliphatic heterocycles. The Hall–Kier alpha value is -3.10. The van der Waals surface area contributed by atoms with Crippen LogP contribution in [0.2, 0.25) is 0 Å². The van der Waals surface area contributed by atoms with E-state index in [-0.39, 0.29) is 30.6 Å². The molecule has 0 spiro atoms. The van der Waals surface area contributed by atoms with Gasteiger partial charge in [-0.15, -0.1) is 0 Å². The lowest BCUT2D eigenvalue weighted by atomic mass is 10.1. The predicted octanol–water partition coefficient (Wildman–Crippen LogP) is 2.38. The van der Waals surface area contributed by atoms with Crippen LogP contribution in [0.3, 0.4) is 0 Å². The molecule has 1 aromatic heterocycles. The first-order valence-corrected chi connectivity index (χ1v) is 8.05. The molecule has 2 rings (SSSR count). The van der Waals surface area contributed by atoms with Gasteiger partial charge in [0.05, 0.1) is 25.2 Å². The average molecular weight is 362 g/mol. The average Bonchev–Trinajstić information content (AvgIpc) is 3.00. The number of rotatable bonds is 8. The molecule has 0 aliphatic carbocycles. The third-order valence-electron chi connectivity index (χ3n) is 3.97. The molecule has 0 bridgehead atoms. The number of nitrogens with zero attached hydrogens (tertiary/aromatic N) is 3. The summed E-state index contributed by atoms with van der Waals surface area (Å²) in [7, 11) is 3.13. The first kappa shape index (κ1) is 19.2. The Kier molecular flexibility index (Phi) is 6.16. The van der Waals surface area contributed by atoms with Crippen molar-refractivity contribution >= 4 is 11.6 Å². The normalized spacial score (nSPS) is 11.7. The van der Waals surface area contributed by atoms with Crippen molar-refractivity contribution < 1.29 is 19.2 Å². The minimum absolute atomic E-state index is 0.0557. The Labute approximate surface area is 151 Å². The van der Waals surface area contributed by atoms with E-state index in [1.807, 2.05) is 13.0 Å². The smallest absolute Gasteiger partial charge is 0.309 e. The molecule has 2 aromatic rings. The van der Waals surface area contributed by atoms with Gasteiger partial charge in [0, 0.05) is 18.5 Å². The van der Waals surface area contributed by atoms with Crippen molar-refractivity contribution in [2.75, 3.05) is 14.2 Å². The quantitative estimate of drug-likeness (QED) is 0.570. The zero-order chi connectivity index (χ0) is 19.3. The van der Waals surface area contributed by atoms with E-state index in [9.17, 15) is 14.9 Å². The van der Waals surface area contributed by atoms with Gasteiger partial charge in [-0.25, -0.2) is 0 Å². The lowest BCUT2D eigenvalue weighted by Crippen LogP contribution is -2.27. The largest absolute Gasteiger partial charge is 0.497 e. The van der Waals surface area contributed by atoms with Crippen molar-refractivity contribution in [1.82, 2.24) is 15.1 Å². The van der Waals surface area contributed by atoms with E-state index in [1.54, 1.807) is 33.3 Å². The standard InChI is InChI=1S/C17H22N4O5/c1-11(14-9-13(25-3)5-6-16(14)26-4)18-17(22)7-8-20-10-15(21(23)24)12(2)19-20/h5-6,9-11H,7-8H2,1-4H3,(H,18,22). The van der Waals surface area contributed by atoms with Gasteiger partial charge in [0.2, 0.25) is 5.91 Å². The van der Waals surface area contributed by atoms with E-state index in [0.717, 1.165) is 5.56 Å². The summed E-state index contributed by atoms with van der Waals surface area (Å²) in [4.78, 5) is 22.6. The maximum Gasteiger partial charge on any atom is 0.309 e. The highest BCUT2D eigenvalue weighted by Crippen LogP contribution is 2.29. The molecule has 1 aromatic carbocycles. The summed E-state index contributed by atoms with van der Waals surface area (Å²) in [6, 6.07) is 5.08. The minimum Gasteiger partial charge on any atom is -0.497 e. The lowest BCUT2D eigenvalue weighted by molar-refractivity contribution is -0.385. The van der Waals surface area contributed by atoms with Crippen LogP contribution in [0.25, 0.3) is 0 Å². The van der Waals surface area contributed by atoms with Crippen molar-refractivity contribution in [3.8, 4) is 11.5 Å². The lowest BCUT2D eigenvalue weighted by Gasteiger charge is -2.18. The van der Waals surface area contributed by atoms with Crippen LogP contribution in [-0.2, 0) is 11.3 Å². The van der Waals surface area contributed by atoms with Gasteiger partial charge in [-0.3, -0.25) is 19.6 Å². The molecule has 0 radical (unpaired) electrons. The number of ether oxygens (including phenoxy) is 2. The molecule has 9 nitrogen and oxygen atoms in total. The van der Waals surface area contributed by atoms with E-state index in [4.69, 9.17) is 9.47 Å². The van der Waals surface area contributed by atoms with Gasteiger partial charge in [-0.05, 0) is 32.0 Å². The monoisotopic (exact) mass is 362 g/mol. The molecule has 140 valence electrons. The van der Waals surface area contributed by atoms with E-state index in [2.05, 4.69) is 10.4 Å². The van der Waals surface area contributed by atoms with Crippen LogP contribution in [0.1, 0.15) is 30.6 Å². The fraction of sp³-hybridized carbons (Fsp3) is 0.412. The summed E-state index contributed by atoms with van der Waals surface area (Å²) >= 11 is 0.